The Morgan fingerprint density at radius 3 is 2.94 bits per heavy atom. The second-order valence-corrected chi connectivity index (χ2v) is 5.22. The van der Waals surface area contributed by atoms with E-state index in [1.165, 1.54) is 6.07 Å². The van der Waals surface area contributed by atoms with Gasteiger partial charge in [0.1, 0.15) is 11.6 Å². The zero-order chi connectivity index (χ0) is 13.0. The molecule has 1 aromatic heterocycles. The third-order valence-electron chi connectivity index (χ3n) is 2.74. The first-order chi connectivity index (χ1) is 8.65. The minimum absolute atomic E-state index is 0.184. The van der Waals surface area contributed by atoms with Crippen LogP contribution in [0.5, 0.6) is 0 Å². The van der Waals surface area contributed by atoms with Crippen LogP contribution in [0.1, 0.15) is 18.2 Å². The molecule has 0 aliphatic rings. The van der Waals surface area contributed by atoms with Crippen LogP contribution in [-0.2, 0) is 13.0 Å². The zero-order valence-corrected chi connectivity index (χ0v) is 11.7. The highest BCUT2D eigenvalue weighted by molar-refractivity contribution is 9.10. The molecule has 0 fully saturated rings. The lowest BCUT2D eigenvalue weighted by Crippen LogP contribution is -2.27. The molecule has 0 saturated heterocycles. The van der Waals surface area contributed by atoms with Gasteiger partial charge in [0.2, 0.25) is 0 Å². The van der Waals surface area contributed by atoms with Gasteiger partial charge >= 0.3 is 0 Å². The fourth-order valence-electron chi connectivity index (χ4n) is 1.77. The standard InChI is InChI=1S/C14H15BrFNO/c1-10(7-13-3-2-6-18-13)17-9-11-8-12(15)4-5-14(11)16/h2-6,8,10,17H,7,9H2,1H3. The Kier molecular flexibility index (Phi) is 4.55. The van der Waals surface area contributed by atoms with E-state index in [1.54, 1.807) is 18.4 Å². The molecule has 1 N–H and O–H groups in total. The molecule has 0 spiro atoms. The van der Waals surface area contributed by atoms with Crippen LogP contribution in [0.15, 0.2) is 45.5 Å². The second-order valence-electron chi connectivity index (χ2n) is 4.30. The van der Waals surface area contributed by atoms with Crippen LogP contribution in [0.4, 0.5) is 4.39 Å². The van der Waals surface area contributed by atoms with Gasteiger partial charge in [0.25, 0.3) is 0 Å². The summed E-state index contributed by atoms with van der Waals surface area (Å²) in [5.41, 5.74) is 0.663. The smallest absolute Gasteiger partial charge is 0.127 e. The lowest BCUT2D eigenvalue weighted by atomic mass is 10.1. The molecular formula is C14H15BrFNO. The summed E-state index contributed by atoms with van der Waals surface area (Å²) in [6.45, 7) is 2.56. The molecule has 2 aromatic rings. The van der Waals surface area contributed by atoms with E-state index >= 15 is 0 Å². The fraction of sp³-hybridized carbons (Fsp3) is 0.286. The van der Waals surface area contributed by atoms with E-state index < -0.39 is 0 Å². The van der Waals surface area contributed by atoms with Gasteiger partial charge in [-0.1, -0.05) is 15.9 Å². The number of halogens is 2. The maximum Gasteiger partial charge on any atom is 0.127 e. The van der Waals surface area contributed by atoms with Gasteiger partial charge < -0.3 is 9.73 Å². The summed E-state index contributed by atoms with van der Waals surface area (Å²) in [6, 6.07) is 9.01. The van der Waals surface area contributed by atoms with Crippen LogP contribution in [0.3, 0.4) is 0 Å². The molecule has 2 nitrogen and oxygen atoms in total. The van der Waals surface area contributed by atoms with Crippen molar-refractivity contribution >= 4 is 15.9 Å². The van der Waals surface area contributed by atoms with E-state index in [1.807, 2.05) is 12.1 Å². The molecule has 4 heteroatoms. The summed E-state index contributed by atoms with van der Waals surface area (Å²) in [4.78, 5) is 0. The minimum atomic E-state index is -0.184. The summed E-state index contributed by atoms with van der Waals surface area (Å²) < 4.78 is 19.7. The summed E-state index contributed by atoms with van der Waals surface area (Å²) >= 11 is 3.34. The van der Waals surface area contributed by atoms with Crippen LogP contribution in [0.25, 0.3) is 0 Å². The Hall–Kier alpha value is -1.13. The number of hydrogen-bond acceptors (Lipinski definition) is 2. The molecule has 0 saturated carbocycles. The molecule has 1 atom stereocenters. The van der Waals surface area contributed by atoms with E-state index in [9.17, 15) is 4.39 Å². The number of furan rings is 1. The maximum absolute atomic E-state index is 13.5. The van der Waals surface area contributed by atoms with Gasteiger partial charge in [0.15, 0.2) is 0 Å². The third kappa shape index (κ3) is 3.68. The van der Waals surface area contributed by atoms with Gasteiger partial charge in [-0.2, -0.15) is 0 Å². The molecule has 0 aliphatic carbocycles. The topological polar surface area (TPSA) is 25.2 Å². The number of rotatable bonds is 5. The fourth-order valence-corrected chi connectivity index (χ4v) is 2.17. The van der Waals surface area contributed by atoms with Crippen LogP contribution in [0, 0.1) is 5.82 Å². The highest BCUT2D eigenvalue weighted by Gasteiger charge is 2.07. The largest absolute Gasteiger partial charge is 0.469 e. The Morgan fingerprint density at radius 1 is 1.39 bits per heavy atom. The maximum atomic E-state index is 13.5. The molecule has 96 valence electrons. The zero-order valence-electron chi connectivity index (χ0n) is 10.1. The predicted molar refractivity (Wildman–Crippen MR) is 72.8 cm³/mol. The van der Waals surface area contributed by atoms with Gasteiger partial charge in [-0.25, -0.2) is 4.39 Å². The Bertz CT molecular complexity index is 499. The molecule has 18 heavy (non-hydrogen) atoms. The summed E-state index contributed by atoms with van der Waals surface area (Å²) in [5.74, 6) is 0.751. The van der Waals surface area contributed by atoms with Gasteiger partial charge in [-0.05, 0) is 37.3 Å². The van der Waals surface area contributed by atoms with Crippen LogP contribution in [-0.4, -0.2) is 6.04 Å². The average Bonchev–Trinajstić information content (AvgIpc) is 2.83. The molecular weight excluding hydrogens is 297 g/mol. The summed E-state index contributed by atoms with van der Waals surface area (Å²) in [6.07, 6.45) is 2.46. The van der Waals surface area contributed by atoms with Crippen molar-refractivity contribution in [3.8, 4) is 0 Å². The highest BCUT2D eigenvalue weighted by Crippen LogP contribution is 2.15. The summed E-state index contributed by atoms with van der Waals surface area (Å²) in [7, 11) is 0. The minimum Gasteiger partial charge on any atom is -0.469 e. The SMILES string of the molecule is CC(Cc1ccco1)NCc1cc(Br)ccc1F. The van der Waals surface area contributed by atoms with Gasteiger partial charge in [-0.15, -0.1) is 0 Å². The van der Waals surface area contributed by atoms with Crippen LogP contribution in [0.2, 0.25) is 0 Å². The third-order valence-corrected chi connectivity index (χ3v) is 3.23. The van der Waals surface area contributed by atoms with Gasteiger partial charge in [0, 0.05) is 29.0 Å². The highest BCUT2D eigenvalue weighted by atomic mass is 79.9. The lowest BCUT2D eigenvalue weighted by molar-refractivity contribution is 0.453. The van der Waals surface area contributed by atoms with Crippen molar-refractivity contribution in [3.63, 3.8) is 0 Å². The van der Waals surface area contributed by atoms with Crippen LogP contribution < -0.4 is 5.32 Å². The van der Waals surface area contributed by atoms with E-state index in [2.05, 4.69) is 28.2 Å². The van der Waals surface area contributed by atoms with Crippen molar-refractivity contribution in [3.05, 3.63) is 58.2 Å². The molecule has 1 unspecified atom stereocenters. The molecule has 0 amide bonds. The first-order valence-corrected chi connectivity index (χ1v) is 6.64. The monoisotopic (exact) mass is 311 g/mol. The second kappa shape index (κ2) is 6.16. The van der Waals surface area contributed by atoms with Crippen molar-refractivity contribution in [2.45, 2.75) is 25.9 Å². The summed E-state index contributed by atoms with van der Waals surface area (Å²) in [5, 5.41) is 3.28. The Labute approximate surface area is 114 Å². The molecule has 1 heterocycles. The molecule has 0 radical (unpaired) electrons. The Balaban J connectivity index is 1.89. The van der Waals surface area contributed by atoms with Crippen LogP contribution >= 0.6 is 15.9 Å². The molecule has 0 aliphatic heterocycles. The van der Waals surface area contributed by atoms with E-state index in [0.29, 0.717) is 12.1 Å². The number of benzene rings is 1. The van der Waals surface area contributed by atoms with Gasteiger partial charge in [-0.3, -0.25) is 0 Å². The quantitative estimate of drug-likeness (QED) is 0.906. The van der Waals surface area contributed by atoms with E-state index in [4.69, 9.17) is 4.42 Å². The van der Waals surface area contributed by atoms with E-state index in [0.717, 1.165) is 16.7 Å². The average molecular weight is 312 g/mol. The van der Waals surface area contributed by atoms with Crippen molar-refractivity contribution in [1.29, 1.82) is 0 Å². The Morgan fingerprint density at radius 2 is 2.22 bits per heavy atom. The molecule has 2 rings (SSSR count). The van der Waals surface area contributed by atoms with Crippen molar-refractivity contribution in [2.24, 2.45) is 0 Å². The predicted octanol–water partition coefficient (Wildman–Crippen LogP) is 3.90. The van der Waals surface area contributed by atoms with Crippen molar-refractivity contribution in [2.75, 3.05) is 0 Å². The number of hydrogen-bond donors (Lipinski definition) is 1. The normalized spacial score (nSPS) is 12.6. The first kappa shape index (κ1) is 13.3. The van der Waals surface area contributed by atoms with Crippen molar-refractivity contribution < 1.29 is 8.81 Å². The molecule has 1 aromatic carbocycles. The van der Waals surface area contributed by atoms with Crippen molar-refractivity contribution in [1.82, 2.24) is 5.32 Å². The number of nitrogens with one attached hydrogen (secondary N) is 1. The van der Waals surface area contributed by atoms with Gasteiger partial charge in [0.05, 0.1) is 6.26 Å². The first-order valence-electron chi connectivity index (χ1n) is 5.85. The molecule has 0 bridgehead atoms. The lowest BCUT2D eigenvalue weighted by Gasteiger charge is -2.13. The van der Waals surface area contributed by atoms with E-state index in [-0.39, 0.29) is 11.9 Å².